The molecule has 0 amide bonds. The molecule has 1 atom stereocenters. The summed E-state index contributed by atoms with van der Waals surface area (Å²) in [6.45, 7) is 1.78. The van der Waals surface area contributed by atoms with Crippen molar-refractivity contribution in [3.8, 4) is 11.1 Å². The number of carbonyl (C=O) groups is 1. The van der Waals surface area contributed by atoms with Gasteiger partial charge in [0.1, 0.15) is 5.82 Å². The predicted molar refractivity (Wildman–Crippen MR) is 74.6 cm³/mol. The van der Waals surface area contributed by atoms with Gasteiger partial charge in [-0.1, -0.05) is 58.4 Å². The molecule has 1 unspecified atom stereocenters. The third kappa shape index (κ3) is 2.67. The maximum Gasteiger partial charge on any atom is 0.176 e. The third-order valence-corrected chi connectivity index (χ3v) is 3.13. The third-order valence-electron chi connectivity index (χ3n) is 2.72. The number of alkyl halides is 1. The SMILES string of the molecule is CC(Br)C(=O)c1ccc(-c2ccccc2F)cc1. The van der Waals surface area contributed by atoms with Crippen molar-refractivity contribution in [3.05, 3.63) is 59.9 Å². The van der Waals surface area contributed by atoms with Crippen LogP contribution in [0, 0.1) is 5.82 Å². The maximum atomic E-state index is 13.6. The summed E-state index contributed by atoms with van der Waals surface area (Å²) in [4.78, 5) is 11.5. The second kappa shape index (κ2) is 5.44. The van der Waals surface area contributed by atoms with E-state index in [4.69, 9.17) is 0 Å². The zero-order chi connectivity index (χ0) is 13.1. The standard InChI is InChI=1S/C15H12BrFO/c1-10(16)15(18)12-8-6-11(7-9-12)13-4-2-3-5-14(13)17/h2-10H,1H3. The Balaban J connectivity index is 2.34. The van der Waals surface area contributed by atoms with Crippen LogP contribution in [0.4, 0.5) is 4.39 Å². The Morgan fingerprint density at radius 2 is 1.72 bits per heavy atom. The molecular formula is C15H12BrFO. The second-order valence-corrected chi connectivity index (χ2v) is 5.41. The Labute approximate surface area is 114 Å². The van der Waals surface area contributed by atoms with Gasteiger partial charge in [0.15, 0.2) is 5.78 Å². The minimum absolute atomic E-state index is 0.0232. The van der Waals surface area contributed by atoms with Gasteiger partial charge in [-0.3, -0.25) is 4.79 Å². The minimum atomic E-state index is -0.259. The van der Waals surface area contributed by atoms with Gasteiger partial charge in [0.2, 0.25) is 0 Å². The van der Waals surface area contributed by atoms with Gasteiger partial charge in [0, 0.05) is 11.1 Å². The first-order valence-corrected chi connectivity index (χ1v) is 6.54. The Bertz CT molecular complexity index is 561. The van der Waals surface area contributed by atoms with Crippen LogP contribution in [0.2, 0.25) is 0 Å². The van der Waals surface area contributed by atoms with Crippen LogP contribution in [0.3, 0.4) is 0 Å². The lowest BCUT2D eigenvalue weighted by atomic mass is 10.0. The summed E-state index contributed by atoms with van der Waals surface area (Å²) in [6, 6.07) is 13.6. The van der Waals surface area contributed by atoms with E-state index >= 15 is 0 Å². The first kappa shape index (κ1) is 13.0. The summed E-state index contributed by atoms with van der Waals surface area (Å²) in [5.74, 6) is -0.236. The molecule has 0 saturated carbocycles. The highest BCUT2D eigenvalue weighted by atomic mass is 79.9. The van der Waals surface area contributed by atoms with Crippen molar-refractivity contribution in [2.45, 2.75) is 11.8 Å². The molecule has 18 heavy (non-hydrogen) atoms. The van der Waals surface area contributed by atoms with Gasteiger partial charge in [-0.05, 0) is 18.6 Å². The summed E-state index contributed by atoms with van der Waals surface area (Å²) >= 11 is 3.24. The van der Waals surface area contributed by atoms with Crippen molar-refractivity contribution in [3.63, 3.8) is 0 Å². The van der Waals surface area contributed by atoms with E-state index < -0.39 is 0 Å². The van der Waals surface area contributed by atoms with E-state index in [2.05, 4.69) is 15.9 Å². The van der Waals surface area contributed by atoms with E-state index in [-0.39, 0.29) is 16.4 Å². The molecule has 0 saturated heterocycles. The van der Waals surface area contributed by atoms with Crippen LogP contribution in [-0.4, -0.2) is 10.6 Å². The Hall–Kier alpha value is -1.48. The lowest BCUT2D eigenvalue weighted by Crippen LogP contribution is -2.09. The largest absolute Gasteiger partial charge is 0.293 e. The first-order valence-electron chi connectivity index (χ1n) is 5.63. The molecule has 0 heterocycles. The monoisotopic (exact) mass is 306 g/mol. The van der Waals surface area contributed by atoms with Gasteiger partial charge in [-0.15, -0.1) is 0 Å². The van der Waals surface area contributed by atoms with Crippen molar-refractivity contribution >= 4 is 21.7 Å². The van der Waals surface area contributed by atoms with E-state index in [0.717, 1.165) is 5.56 Å². The van der Waals surface area contributed by atoms with E-state index in [9.17, 15) is 9.18 Å². The molecule has 0 aliphatic rings. The van der Waals surface area contributed by atoms with Gasteiger partial charge >= 0.3 is 0 Å². The summed E-state index contributed by atoms with van der Waals surface area (Å²) in [7, 11) is 0. The van der Waals surface area contributed by atoms with E-state index in [0.29, 0.717) is 11.1 Å². The molecule has 3 heteroatoms. The fraction of sp³-hybridized carbons (Fsp3) is 0.133. The lowest BCUT2D eigenvalue weighted by Gasteiger charge is -2.06. The zero-order valence-corrected chi connectivity index (χ0v) is 11.4. The quantitative estimate of drug-likeness (QED) is 0.604. The van der Waals surface area contributed by atoms with E-state index in [1.54, 1.807) is 49.4 Å². The van der Waals surface area contributed by atoms with E-state index in [1.165, 1.54) is 6.07 Å². The Morgan fingerprint density at radius 1 is 1.11 bits per heavy atom. The first-order chi connectivity index (χ1) is 8.59. The number of Topliss-reactive ketones (excluding diaryl/α,β-unsaturated/α-hetero) is 1. The number of rotatable bonds is 3. The number of hydrogen-bond donors (Lipinski definition) is 0. The summed E-state index contributed by atoms with van der Waals surface area (Å²) in [5, 5.41) is 0. The van der Waals surface area contributed by atoms with Crippen molar-refractivity contribution in [2.24, 2.45) is 0 Å². The Morgan fingerprint density at radius 3 is 2.28 bits per heavy atom. The number of carbonyl (C=O) groups excluding carboxylic acids is 1. The van der Waals surface area contributed by atoms with Crippen LogP contribution in [-0.2, 0) is 0 Å². The van der Waals surface area contributed by atoms with Crippen molar-refractivity contribution < 1.29 is 9.18 Å². The number of benzene rings is 2. The van der Waals surface area contributed by atoms with Gasteiger partial charge in [0.05, 0.1) is 4.83 Å². The highest BCUT2D eigenvalue weighted by Crippen LogP contribution is 2.23. The molecule has 0 radical (unpaired) electrons. The second-order valence-electron chi connectivity index (χ2n) is 4.04. The lowest BCUT2D eigenvalue weighted by molar-refractivity contribution is 0.0996. The fourth-order valence-corrected chi connectivity index (χ4v) is 2.00. The van der Waals surface area contributed by atoms with Crippen LogP contribution in [0.15, 0.2) is 48.5 Å². The average molecular weight is 307 g/mol. The molecule has 2 rings (SSSR count). The molecule has 1 nitrogen and oxygen atoms in total. The molecule has 92 valence electrons. The molecule has 0 fully saturated rings. The van der Waals surface area contributed by atoms with Gasteiger partial charge < -0.3 is 0 Å². The van der Waals surface area contributed by atoms with Crippen LogP contribution in [0.25, 0.3) is 11.1 Å². The smallest absolute Gasteiger partial charge is 0.176 e. The molecule has 0 bridgehead atoms. The normalized spacial score (nSPS) is 12.2. The predicted octanol–water partition coefficient (Wildman–Crippen LogP) is 4.46. The Kier molecular flexibility index (Phi) is 3.92. The topological polar surface area (TPSA) is 17.1 Å². The van der Waals surface area contributed by atoms with Gasteiger partial charge in [0.25, 0.3) is 0 Å². The van der Waals surface area contributed by atoms with Crippen molar-refractivity contribution in [2.75, 3.05) is 0 Å². The minimum Gasteiger partial charge on any atom is -0.293 e. The van der Waals surface area contributed by atoms with Crippen molar-refractivity contribution in [1.82, 2.24) is 0 Å². The van der Waals surface area contributed by atoms with Crippen LogP contribution in [0.5, 0.6) is 0 Å². The number of halogens is 2. The highest BCUT2D eigenvalue weighted by molar-refractivity contribution is 9.10. The summed E-state index contributed by atoms with van der Waals surface area (Å²) in [6.07, 6.45) is 0. The van der Waals surface area contributed by atoms with Crippen LogP contribution in [0.1, 0.15) is 17.3 Å². The molecule has 2 aromatic rings. The van der Waals surface area contributed by atoms with Crippen LogP contribution >= 0.6 is 15.9 Å². The molecule has 0 N–H and O–H groups in total. The van der Waals surface area contributed by atoms with Gasteiger partial charge in [-0.25, -0.2) is 4.39 Å². The highest BCUT2D eigenvalue weighted by Gasteiger charge is 2.12. The fourth-order valence-electron chi connectivity index (χ4n) is 1.74. The zero-order valence-electron chi connectivity index (χ0n) is 9.86. The van der Waals surface area contributed by atoms with Gasteiger partial charge in [-0.2, -0.15) is 0 Å². The van der Waals surface area contributed by atoms with Crippen molar-refractivity contribution in [1.29, 1.82) is 0 Å². The number of ketones is 1. The molecule has 0 aliphatic heterocycles. The maximum absolute atomic E-state index is 13.6. The molecular weight excluding hydrogens is 295 g/mol. The summed E-state index contributed by atoms with van der Waals surface area (Å²) in [5.41, 5.74) is 1.94. The molecule has 2 aromatic carbocycles. The molecule has 0 aliphatic carbocycles. The molecule has 0 spiro atoms. The molecule has 0 aromatic heterocycles. The average Bonchev–Trinajstić information content (AvgIpc) is 2.38. The van der Waals surface area contributed by atoms with E-state index in [1.807, 2.05) is 0 Å². The number of hydrogen-bond acceptors (Lipinski definition) is 1. The van der Waals surface area contributed by atoms with Crippen LogP contribution < -0.4 is 0 Å². The summed E-state index contributed by atoms with van der Waals surface area (Å²) < 4.78 is 13.6.